The van der Waals surface area contributed by atoms with Crippen molar-refractivity contribution >= 4 is 22.9 Å². The lowest BCUT2D eigenvalue weighted by molar-refractivity contribution is 0.158. The van der Waals surface area contributed by atoms with Gasteiger partial charge in [-0.05, 0) is 93.1 Å². The van der Waals surface area contributed by atoms with Crippen LogP contribution in [0.15, 0.2) is 47.5 Å². The largest absolute Gasteiger partial charge is 0.497 e. The van der Waals surface area contributed by atoms with Gasteiger partial charge in [-0.25, -0.2) is 0 Å². The topological polar surface area (TPSA) is 79.6 Å². The highest BCUT2D eigenvalue weighted by atomic mass is 32.2. The van der Waals surface area contributed by atoms with Crippen molar-refractivity contribution in [2.24, 2.45) is 0 Å². The molecule has 0 radical (unpaired) electrons. The highest BCUT2D eigenvalue weighted by molar-refractivity contribution is 7.97. The molecule has 2 aromatic carbocycles. The van der Waals surface area contributed by atoms with Crippen molar-refractivity contribution in [3.8, 4) is 23.3 Å². The molecule has 2 saturated heterocycles. The maximum Gasteiger partial charge on any atom is 0.162 e. The van der Waals surface area contributed by atoms with E-state index in [4.69, 9.17) is 19.5 Å². The Morgan fingerprint density at radius 2 is 1.86 bits per heavy atom. The molecule has 0 amide bonds. The number of hydrogen-bond donors (Lipinski definition) is 1. The van der Waals surface area contributed by atoms with E-state index in [-0.39, 0.29) is 0 Å². The maximum absolute atomic E-state index is 9.01. The van der Waals surface area contributed by atoms with Gasteiger partial charge in [0, 0.05) is 34.6 Å². The average Bonchev–Trinajstić information content (AvgIpc) is 3.14. The standard InChI is InChI=1S/C16H22N2O2S.C13H12N2O/c1-18-12-2-3-13(18)9-11(8-12)17-21-14-4-5-15-16(10-14)20-7-6-19-15;1-3-11-9(7-14)8-15-13-5-4-10(16-2)6-12(11)13/h4-5,10-13,17H,2-3,6-9H2,1H3;4-6,8H,3H2,1-2H3. The van der Waals surface area contributed by atoms with E-state index >= 15 is 0 Å². The molecule has 4 heterocycles. The zero-order valence-electron chi connectivity index (χ0n) is 21.7. The molecule has 7 nitrogen and oxygen atoms in total. The zero-order chi connectivity index (χ0) is 25.8. The van der Waals surface area contributed by atoms with E-state index in [1.807, 2.05) is 31.2 Å². The molecule has 194 valence electrons. The van der Waals surface area contributed by atoms with E-state index in [2.05, 4.69) is 39.9 Å². The number of nitrogens with one attached hydrogen (secondary N) is 1. The molecule has 2 atom stereocenters. The van der Waals surface area contributed by atoms with Gasteiger partial charge < -0.3 is 19.1 Å². The summed E-state index contributed by atoms with van der Waals surface area (Å²) in [5.74, 6) is 2.53. The Bertz CT molecular complexity index is 1280. The second-order valence-electron chi connectivity index (χ2n) is 9.74. The van der Waals surface area contributed by atoms with Crippen molar-refractivity contribution in [1.82, 2.24) is 14.6 Å². The van der Waals surface area contributed by atoms with Crippen molar-refractivity contribution < 1.29 is 14.2 Å². The Balaban J connectivity index is 0.000000158. The molecular weight excluding hydrogens is 484 g/mol. The van der Waals surface area contributed by atoms with Gasteiger partial charge in [0.2, 0.25) is 0 Å². The molecule has 6 rings (SSSR count). The van der Waals surface area contributed by atoms with E-state index in [0.717, 1.165) is 52.2 Å². The number of rotatable bonds is 5. The summed E-state index contributed by atoms with van der Waals surface area (Å²) in [7, 11) is 3.92. The number of nitrogens with zero attached hydrogens (tertiary/aromatic N) is 3. The fraction of sp³-hybridized carbons (Fsp3) is 0.448. The fourth-order valence-electron chi connectivity index (χ4n) is 5.58. The SMILES string of the molecule is CCc1c(C#N)cnc2ccc(OC)cc12.CN1C2CCC1CC(NSc1ccc3c(c1)OCCO3)C2. The van der Waals surface area contributed by atoms with Crippen LogP contribution in [0.5, 0.6) is 17.2 Å². The molecule has 3 aliphatic heterocycles. The smallest absolute Gasteiger partial charge is 0.162 e. The molecule has 8 heteroatoms. The van der Waals surface area contributed by atoms with Crippen LogP contribution in [0.2, 0.25) is 0 Å². The van der Waals surface area contributed by atoms with Gasteiger partial charge in [-0.3, -0.25) is 9.71 Å². The van der Waals surface area contributed by atoms with Crippen LogP contribution in [0.3, 0.4) is 0 Å². The summed E-state index contributed by atoms with van der Waals surface area (Å²) in [4.78, 5) is 8.03. The summed E-state index contributed by atoms with van der Waals surface area (Å²) >= 11 is 1.73. The molecular formula is C29H34N4O3S. The minimum absolute atomic E-state index is 0.622. The van der Waals surface area contributed by atoms with Crippen LogP contribution in [0.25, 0.3) is 10.9 Å². The number of pyridine rings is 1. The summed E-state index contributed by atoms with van der Waals surface area (Å²) in [5.41, 5.74) is 2.58. The third-order valence-electron chi connectivity index (χ3n) is 7.62. The van der Waals surface area contributed by atoms with Crippen LogP contribution in [-0.2, 0) is 6.42 Å². The Labute approximate surface area is 223 Å². The molecule has 2 bridgehead atoms. The average molecular weight is 519 g/mol. The lowest BCUT2D eigenvalue weighted by atomic mass is 9.99. The molecule has 1 aromatic heterocycles. The van der Waals surface area contributed by atoms with Gasteiger partial charge in [-0.1, -0.05) is 6.92 Å². The van der Waals surface area contributed by atoms with Gasteiger partial charge in [0.1, 0.15) is 25.0 Å². The minimum atomic E-state index is 0.622. The minimum Gasteiger partial charge on any atom is -0.497 e. The first kappa shape index (κ1) is 25.7. The Kier molecular flexibility index (Phi) is 8.04. The van der Waals surface area contributed by atoms with Crippen LogP contribution in [0.4, 0.5) is 0 Å². The lowest BCUT2D eigenvalue weighted by Gasteiger charge is -2.36. The van der Waals surface area contributed by atoms with Gasteiger partial charge >= 0.3 is 0 Å². The van der Waals surface area contributed by atoms with Crippen LogP contribution in [0.1, 0.15) is 43.7 Å². The van der Waals surface area contributed by atoms with Crippen molar-refractivity contribution in [3.05, 3.63) is 53.7 Å². The number of benzene rings is 2. The second-order valence-corrected chi connectivity index (χ2v) is 10.7. The van der Waals surface area contributed by atoms with Gasteiger partial charge in [0.25, 0.3) is 0 Å². The maximum atomic E-state index is 9.01. The Hall–Kier alpha value is -2.99. The highest BCUT2D eigenvalue weighted by Gasteiger charge is 2.38. The van der Waals surface area contributed by atoms with E-state index in [9.17, 15) is 0 Å². The molecule has 0 aliphatic carbocycles. The molecule has 3 aliphatic rings. The Morgan fingerprint density at radius 3 is 2.57 bits per heavy atom. The second kappa shape index (κ2) is 11.6. The van der Waals surface area contributed by atoms with Crippen LogP contribution >= 0.6 is 11.9 Å². The first-order chi connectivity index (χ1) is 18.1. The van der Waals surface area contributed by atoms with E-state index < -0.39 is 0 Å². The zero-order valence-corrected chi connectivity index (χ0v) is 22.5. The lowest BCUT2D eigenvalue weighted by Crippen LogP contribution is -2.45. The van der Waals surface area contributed by atoms with Gasteiger partial charge in [0.05, 0.1) is 18.2 Å². The molecule has 37 heavy (non-hydrogen) atoms. The molecule has 3 aromatic rings. The van der Waals surface area contributed by atoms with E-state index in [1.165, 1.54) is 30.6 Å². The third-order valence-corrected chi connectivity index (χ3v) is 8.56. The number of aromatic nitrogens is 1. The van der Waals surface area contributed by atoms with Crippen molar-refractivity contribution in [3.63, 3.8) is 0 Å². The summed E-state index contributed by atoms with van der Waals surface area (Å²) in [6.07, 6.45) is 7.72. The molecule has 2 unspecified atom stereocenters. The number of ether oxygens (including phenoxy) is 3. The predicted octanol–water partition coefficient (Wildman–Crippen LogP) is 5.36. The summed E-state index contributed by atoms with van der Waals surface area (Å²) in [5, 5.41) is 10.0. The predicted molar refractivity (Wildman–Crippen MR) is 146 cm³/mol. The van der Waals surface area contributed by atoms with E-state index in [0.29, 0.717) is 24.8 Å². The van der Waals surface area contributed by atoms with Crippen LogP contribution < -0.4 is 18.9 Å². The van der Waals surface area contributed by atoms with Gasteiger partial charge in [-0.15, -0.1) is 0 Å². The number of fused-ring (bicyclic) bond motifs is 4. The fourth-order valence-corrected chi connectivity index (χ4v) is 6.37. The first-order valence-electron chi connectivity index (χ1n) is 13.0. The number of hydrogen-bond acceptors (Lipinski definition) is 8. The molecule has 1 N–H and O–H groups in total. The quantitative estimate of drug-likeness (QED) is 0.453. The molecule has 0 saturated carbocycles. The number of methoxy groups -OCH3 is 1. The monoisotopic (exact) mass is 518 g/mol. The molecule has 2 fully saturated rings. The number of aryl methyl sites for hydroxylation is 1. The van der Waals surface area contributed by atoms with E-state index in [1.54, 1.807) is 25.3 Å². The highest BCUT2D eigenvalue weighted by Crippen LogP contribution is 2.37. The van der Waals surface area contributed by atoms with Crippen LogP contribution in [-0.4, -0.2) is 55.4 Å². The first-order valence-corrected chi connectivity index (χ1v) is 13.8. The normalized spacial score (nSPS) is 22.2. The van der Waals surface area contributed by atoms with Crippen molar-refractivity contribution in [2.75, 3.05) is 27.4 Å². The van der Waals surface area contributed by atoms with Crippen molar-refractivity contribution in [2.45, 2.75) is 62.0 Å². The van der Waals surface area contributed by atoms with Crippen LogP contribution in [0, 0.1) is 11.3 Å². The molecule has 0 spiro atoms. The van der Waals surface area contributed by atoms with Crippen molar-refractivity contribution in [1.29, 1.82) is 5.26 Å². The van der Waals surface area contributed by atoms with Gasteiger partial charge in [0.15, 0.2) is 11.5 Å². The summed E-state index contributed by atoms with van der Waals surface area (Å²) in [6, 6.07) is 16.3. The van der Waals surface area contributed by atoms with Gasteiger partial charge in [-0.2, -0.15) is 5.26 Å². The number of piperidine rings is 1. The summed E-state index contributed by atoms with van der Waals surface area (Å²) in [6.45, 7) is 3.33. The number of nitriles is 1. The third kappa shape index (κ3) is 5.64. The summed E-state index contributed by atoms with van der Waals surface area (Å²) < 4.78 is 20.0. The Morgan fingerprint density at radius 1 is 1.11 bits per heavy atom.